The van der Waals surface area contributed by atoms with Gasteiger partial charge in [0.15, 0.2) is 5.13 Å². The average molecular weight is 418 g/mol. The van der Waals surface area contributed by atoms with Crippen LogP contribution < -0.4 is 9.64 Å². The molecule has 158 valence electrons. The number of carbonyl (C=O) groups is 1. The van der Waals surface area contributed by atoms with Gasteiger partial charge in [0, 0.05) is 38.3 Å². The molecular formula is C22H31N3O3S. The van der Waals surface area contributed by atoms with E-state index >= 15 is 0 Å². The third-order valence-electron chi connectivity index (χ3n) is 5.26. The van der Waals surface area contributed by atoms with E-state index in [1.807, 2.05) is 62.4 Å². The third kappa shape index (κ3) is 5.70. The number of thiazole rings is 1. The van der Waals surface area contributed by atoms with Crippen LogP contribution in [0.1, 0.15) is 31.1 Å². The third-order valence-corrected chi connectivity index (χ3v) is 6.41. The molecule has 0 unspecified atom stereocenters. The minimum Gasteiger partial charge on any atom is -0.494 e. The number of carbonyl (C=O) groups excluding carboxylic acids is 1. The molecular weight excluding hydrogens is 386 g/mol. The molecule has 0 aliphatic carbocycles. The monoisotopic (exact) mass is 417 g/mol. The summed E-state index contributed by atoms with van der Waals surface area (Å²) in [5.41, 5.74) is -0.516. The number of anilines is 1. The quantitative estimate of drug-likeness (QED) is 0.578. The fraction of sp³-hybridized carbons (Fsp3) is 0.545. The zero-order valence-corrected chi connectivity index (χ0v) is 18.4. The standard InChI is InChI=1S/C22H31N3O3S/c1-4-27-20(26)22(12-14-28-18-9-6-5-7-10-18)11-8-13-25(17-22)16-19-15-23-21(29-19)24(2)3/h5-7,9-10,15H,4,8,11-14,16-17H2,1-3H3/t22-/m1/s1. The number of ether oxygens (including phenoxy) is 2. The van der Waals surface area contributed by atoms with E-state index in [0.717, 1.165) is 36.8 Å². The summed E-state index contributed by atoms with van der Waals surface area (Å²) in [6, 6.07) is 9.76. The minimum atomic E-state index is -0.516. The summed E-state index contributed by atoms with van der Waals surface area (Å²) in [6.45, 7) is 5.26. The second-order valence-corrected chi connectivity index (χ2v) is 8.82. The highest BCUT2D eigenvalue weighted by atomic mass is 32.1. The highest BCUT2D eigenvalue weighted by molar-refractivity contribution is 7.15. The van der Waals surface area contributed by atoms with Crippen molar-refractivity contribution >= 4 is 22.4 Å². The first-order valence-corrected chi connectivity index (χ1v) is 11.0. The van der Waals surface area contributed by atoms with E-state index in [0.29, 0.717) is 26.2 Å². The molecule has 2 heterocycles. The van der Waals surface area contributed by atoms with E-state index in [9.17, 15) is 4.79 Å². The van der Waals surface area contributed by atoms with Gasteiger partial charge in [0.2, 0.25) is 0 Å². The zero-order chi connectivity index (χ0) is 20.7. The molecule has 0 spiro atoms. The molecule has 0 bridgehead atoms. The Hall–Kier alpha value is -2.12. The molecule has 7 heteroatoms. The number of aromatic nitrogens is 1. The Labute approximate surface area is 177 Å². The zero-order valence-electron chi connectivity index (χ0n) is 17.6. The van der Waals surface area contributed by atoms with Gasteiger partial charge in [0.25, 0.3) is 0 Å². The van der Waals surface area contributed by atoms with E-state index in [4.69, 9.17) is 9.47 Å². The molecule has 0 N–H and O–H groups in total. The molecule has 1 aliphatic rings. The molecule has 1 fully saturated rings. The number of hydrogen-bond donors (Lipinski definition) is 0. The first-order valence-electron chi connectivity index (χ1n) is 10.2. The van der Waals surface area contributed by atoms with Crippen molar-refractivity contribution in [3.63, 3.8) is 0 Å². The highest BCUT2D eigenvalue weighted by Crippen LogP contribution is 2.36. The maximum atomic E-state index is 12.9. The summed E-state index contributed by atoms with van der Waals surface area (Å²) in [4.78, 5) is 23.0. The Bertz CT molecular complexity index is 781. The van der Waals surface area contributed by atoms with Crippen LogP contribution in [-0.4, -0.2) is 56.3 Å². The SMILES string of the molecule is CCOC(=O)[C@@]1(CCOc2ccccc2)CCCN(Cc2cnc(N(C)C)s2)C1. The number of para-hydroxylation sites is 1. The number of likely N-dealkylation sites (tertiary alicyclic amines) is 1. The van der Waals surface area contributed by atoms with Crippen LogP contribution in [-0.2, 0) is 16.1 Å². The van der Waals surface area contributed by atoms with Crippen LogP contribution in [0.15, 0.2) is 36.5 Å². The number of hydrogen-bond acceptors (Lipinski definition) is 7. The largest absolute Gasteiger partial charge is 0.494 e. The lowest BCUT2D eigenvalue weighted by molar-refractivity contribution is -0.160. The summed E-state index contributed by atoms with van der Waals surface area (Å²) >= 11 is 1.70. The van der Waals surface area contributed by atoms with Crippen molar-refractivity contribution in [3.05, 3.63) is 41.4 Å². The Morgan fingerprint density at radius 2 is 2.10 bits per heavy atom. The van der Waals surface area contributed by atoms with Gasteiger partial charge in [-0.15, -0.1) is 11.3 Å². The Balaban J connectivity index is 1.66. The van der Waals surface area contributed by atoms with Crippen LogP contribution in [0.5, 0.6) is 5.75 Å². The Morgan fingerprint density at radius 1 is 1.31 bits per heavy atom. The van der Waals surface area contributed by atoms with Crippen molar-refractivity contribution in [1.82, 2.24) is 9.88 Å². The van der Waals surface area contributed by atoms with Crippen LogP contribution in [0.4, 0.5) is 5.13 Å². The molecule has 1 aromatic carbocycles. The smallest absolute Gasteiger partial charge is 0.313 e. The number of nitrogens with zero attached hydrogens (tertiary/aromatic N) is 3. The van der Waals surface area contributed by atoms with E-state index in [-0.39, 0.29) is 5.97 Å². The molecule has 1 aliphatic heterocycles. The van der Waals surface area contributed by atoms with Crippen molar-refractivity contribution in [2.45, 2.75) is 32.7 Å². The molecule has 0 saturated carbocycles. The van der Waals surface area contributed by atoms with Crippen LogP contribution in [0, 0.1) is 5.41 Å². The van der Waals surface area contributed by atoms with Gasteiger partial charge in [0.1, 0.15) is 5.75 Å². The summed E-state index contributed by atoms with van der Waals surface area (Å²) in [5.74, 6) is 0.736. The highest BCUT2D eigenvalue weighted by Gasteiger charge is 2.43. The lowest BCUT2D eigenvalue weighted by Crippen LogP contribution is -2.49. The number of benzene rings is 1. The maximum Gasteiger partial charge on any atom is 0.313 e. The molecule has 0 amide bonds. The van der Waals surface area contributed by atoms with Crippen molar-refractivity contribution in [3.8, 4) is 5.75 Å². The first kappa shape index (κ1) is 21.6. The van der Waals surface area contributed by atoms with Crippen molar-refractivity contribution in [1.29, 1.82) is 0 Å². The Morgan fingerprint density at radius 3 is 2.79 bits per heavy atom. The van der Waals surface area contributed by atoms with Gasteiger partial charge < -0.3 is 14.4 Å². The van der Waals surface area contributed by atoms with Gasteiger partial charge >= 0.3 is 5.97 Å². The van der Waals surface area contributed by atoms with Crippen LogP contribution >= 0.6 is 11.3 Å². The number of rotatable bonds is 9. The van der Waals surface area contributed by atoms with Crippen LogP contribution in [0.2, 0.25) is 0 Å². The predicted molar refractivity (Wildman–Crippen MR) is 117 cm³/mol. The molecule has 29 heavy (non-hydrogen) atoms. The van der Waals surface area contributed by atoms with Crippen LogP contribution in [0.25, 0.3) is 0 Å². The van der Waals surface area contributed by atoms with Crippen molar-refractivity contribution < 1.29 is 14.3 Å². The van der Waals surface area contributed by atoms with Crippen LogP contribution in [0.3, 0.4) is 0 Å². The summed E-state index contributed by atoms with van der Waals surface area (Å²) in [6.07, 6.45) is 4.41. The topological polar surface area (TPSA) is 54.9 Å². The van der Waals surface area contributed by atoms with Gasteiger partial charge in [-0.1, -0.05) is 18.2 Å². The molecule has 1 aromatic heterocycles. The number of piperidine rings is 1. The second kappa shape index (κ2) is 10.1. The van der Waals surface area contributed by atoms with Crippen molar-refractivity contribution in [2.24, 2.45) is 5.41 Å². The molecule has 3 rings (SSSR count). The summed E-state index contributed by atoms with van der Waals surface area (Å²) < 4.78 is 11.4. The van der Waals surface area contributed by atoms with Gasteiger partial charge in [-0.3, -0.25) is 9.69 Å². The first-order chi connectivity index (χ1) is 14.0. The van der Waals surface area contributed by atoms with Gasteiger partial charge in [-0.2, -0.15) is 0 Å². The molecule has 1 atom stereocenters. The fourth-order valence-electron chi connectivity index (χ4n) is 3.80. The lowest BCUT2D eigenvalue weighted by atomic mass is 9.77. The average Bonchev–Trinajstić information content (AvgIpc) is 3.18. The second-order valence-electron chi connectivity index (χ2n) is 7.73. The van der Waals surface area contributed by atoms with Gasteiger partial charge in [-0.05, 0) is 44.9 Å². The van der Waals surface area contributed by atoms with E-state index in [2.05, 4.69) is 9.88 Å². The Kier molecular flexibility index (Phi) is 7.50. The minimum absolute atomic E-state index is 0.0975. The summed E-state index contributed by atoms with van der Waals surface area (Å²) in [7, 11) is 4.00. The predicted octanol–water partition coefficient (Wildman–Crippen LogP) is 3.82. The molecule has 2 aromatic rings. The molecule has 6 nitrogen and oxygen atoms in total. The van der Waals surface area contributed by atoms with E-state index in [1.165, 1.54) is 4.88 Å². The molecule has 0 radical (unpaired) electrons. The number of esters is 1. The van der Waals surface area contributed by atoms with Crippen molar-refractivity contribution in [2.75, 3.05) is 45.3 Å². The molecule has 1 saturated heterocycles. The van der Waals surface area contributed by atoms with Gasteiger partial charge in [0.05, 0.1) is 18.6 Å². The maximum absolute atomic E-state index is 12.9. The van der Waals surface area contributed by atoms with E-state index in [1.54, 1.807) is 11.3 Å². The lowest BCUT2D eigenvalue weighted by Gasteiger charge is -2.40. The normalized spacial score (nSPS) is 19.7. The van der Waals surface area contributed by atoms with E-state index < -0.39 is 5.41 Å². The fourth-order valence-corrected chi connectivity index (χ4v) is 4.67. The summed E-state index contributed by atoms with van der Waals surface area (Å²) in [5, 5.41) is 1.00. The van der Waals surface area contributed by atoms with Gasteiger partial charge in [-0.25, -0.2) is 4.98 Å².